The number of carbonyl (C=O) groups is 4. The molecule has 1 heterocycles. The third-order valence-corrected chi connectivity index (χ3v) is 4.77. The zero-order valence-corrected chi connectivity index (χ0v) is 15.5. The summed E-state index contributed by atoms with van der Waals surface area (Å²) in [5.41, 5.74) is 1.26. The number of rotatable bonds is 4. The first-order valence-electron chi connectivity index (χ1n) is 8.41. The van der Waals surface area contributed by atoms with Crippen LogP contribution in [0, 0.1) is 0 Å². The van der Waals surface area contributed by atoms with Crippen molar-refractivity contribution in [2.75, 3.05) is 23.0 Å². The summed E-state index contributed by atoms with van der Waals surface area (Å²) in [5.74, 6) is -0.959. The van der Waals surface area contributed by atoms with Crippen molar-refractivity contribution in [3.8, 4) is 0 Å². The van der Waals surface area contributed by atoms with Gasteiger partial charge in [0.1, 0.15) is 0 Å². The van der Waals surface area contributed by atoms with Gasteiger partial charge < -0.3 is 15.4 Å². The van der Waals surface area contributed by atoms with Gasteiger partial charge in [-0.3, -0.25) is 14.9 Å². The molecule has 0 fully saturated rings. The molecule has 9 heteroatoms. The summed E-state index contributed by atoms with van der Waals surface area (Å²) < 4.78 is 4.94. The molecule has 0 aromatic heterocycles. The lowest BCUT2D eigenvalue weighted by atomic mass is 10.2. The summed E-state index contributed by atoms with van der Waals surface area (Å²) in [6, 6.07) is 12.7. The van der Waals surface area contributed by atoms with E-state index in [1.54, 1.807) is 42.5 Å². The molecule has 1 aliphatic rings. The van der Waals surface area contributed by atoms with Crippen molar-refractivity contribution in [3.63, 3.8) is 0 Å². The van der Waals surface area contributed by atoms with E-state index in [-0.39, 0.29) is 11.5 Å². The number of hydrogen-bond acceptors (Lipinski definition) is 6. The second kappa shape index (κ2) is 9.05. The van der Waals surface area contributed by atoms with Crippen LogP contribution in [0.5, 0.6) is 0 Å². The lowest BCUT2D eigenvalue weighted by Gasteiger charge is -2.10. The van der Waals surface area contributed by atoms with Crippen molar-refractivity contribution in [1.82, 2.24) is 5.32 Å². The molecule has 2 aromatic rings. The summed E-state index contributed by atoms with van der Waals surface area (Å²) in [6.07, 6.45) is 0.393. The van der Waals surface area contributed by atoms with Gasteiger partial charge in [0.2, 0.25) is 5.91 Å². The van der Waals surface area contributed by atoms with Crippen LogP contribution in [0.2, 0.25) is 0 Å². The van der Waals surface area contributed by atoms with Gasteiger partial charge in [-0.05, 0) is 30.3 Å². The Balaban J connectivity index is 1.51. The van der Waals surface area contributed by atoms with Gasteiger partial charge in [0.05, 0.1) is 11.3 Å². The predicted molar refractivity (Wildman–Crippen MR) is 104 cm³/mol. The highest BCUT2D eigenvalue weighted by atomic mass is 32.2. The molecule has 8 nitrogen and oxygen atoms in total. The van der Waals surface area contributed by atoms with E-state index in [4.69, 9.17) is 4.74 Å². The standard InChI is InChI=1S/C19H17N3O5S/c23-16-8-9-28-15-7-6-12(10-14(15)21-16)18(25)27-11-17(24)22-19(26)20-13-4-2-1-3-5-13/h1-7,10H,8-9,11H2,(H,21,23)(H2,20,22,24,26). The number of benzene rings is 2. The van der Waals surface area contributed by atoms with Crippen molar-refractivity contribution < 1.29 is 23.9 Å². The Morgan fingerprint density at radius 2 is 1.89 bits per heavy atom. The van der Waals surface area contributed by atoms with E-state index >= 15 is 0 Å². The molecule has 28 heavy (non-hydrogen) atoms. The Bertz CT molecular complexity index is 917. The van der Waals surface area contributed by atoms with Crippen molar-refractivity contribution in [1.29, 1.82) is 0 Å². The van der Waals surface area contributed by atoms with Gasteiger partial charge in [-0.2, -0.15) is 0 Å². The minimum atomic E-state index is -0.764. The van der Waals surface area contributed by atoms with Gasteiger partial charge >= 0.3 is 12.0 Å². The van der Waals surface area contributed by atoms with E-state index in [0.29, 0.717) is 23.5 Å². The minimum absolute atomic E-state index is 0.124. The van der Waals surface area contributed by atoms with E-state index in [1.165, 1.54) is 17.8 Å². The van der Waals surface area contributed by atoms with Crippen LogP contribution in [0.4, 0.5) is 16.2 Å². The molecule has 1 aliphatic heterocycles. The van der Waals surface area contributed by atoms with Gasteiger partial charge in [-0.1, -0.05) is 18.2 Å². The third kappa shape index (κ3) is 5.34. The molecule has 144 valence electrons. The number of fused-ring (bicyclic) bond motifs is 1. The molecule has 4 amide bonds. The highest BCUT2D eigenvalue weighted by Gasteiger charge is 2.17. The zero-order chi connectivity index (χ0) is 19.9. The lowest BCUT2D eigenvalue weighted by molar-refractivity contribution is -0.123. The van der Waals surface area contributed by atoms with Crippen LogP contribution in [0.1, 0.15) is 16.8 Å². The van der Waals surface area contributed by atoms with Crippen LogP contribution in [-0.4, -0.2) is 36.2 Å². The van der Waals surface area contributed by atoms with E-state index in [1.807, 2.05) is 0 Å². The average Bonchev–Trinajstić information content (AvgIpc) is 2.86. The molecular formula is C19H17N3O5S. The van der Waals surface area contributed by atoms with E-state index in [9.17, 15) is 19.2 Å². The fraction of sp³-hybridized carbons (Fsp3) is 0.158. The quantitative estimate of drug-likeness (QED) is 0.681. The fourth-order valence-electron chi connectivity index (χ4n) is 2.41. The molecule has 0 radical (unpaired) electrons. The lowest BCUT2D eigenvalue weighted by Crippen LogP contribution is -2.37. The van der Waals surface area contributed by atoms with Gasteiger partial charge in [-0.15, -0.1) is 11.8 Å². The molecule has 0 spiro atoms. The number of anilines is 2. The van der Waals surface area contributed by atoms with Crippen LogP contribution in [0.15, 0.2) is 53.4 Å². The smallest absolute Gasteiger partial charge is 0.338 e. The molecule has 0 atom stereocenters. The Hall–Kier alpha value is -3.33. The SMILES string of the molecule is O=C(COC(=O)c1ccc2c(c1)NC(=O)CCS2)NC(=O)Nc1ccccc1. The molecule has 0 saturated heterocycles. The fourth-order valence-corrected chi connectivity index (χ4v) is 3.34. The third-order valence-electron chi connectivity index (χ3n) is 3.70. The van der Waals surface area contributed by atoms with Crippen LogP contribution in [0.3, 0.4) is 0 Å². The zero-order valence-electron chi connectivity index (χ0n) is 14.7. The molecule has 0 aliphatic carbocycles. The van der Waals surface area contributed by atoms with Gasteiger partial charge in [0.25, 0.3) is 5.91 Å². The number of amides is 4. The molecule has 3 rings (SSSR count). The number of thioether (sulfide) groups is 1. The highest BCUT2D eigenvalue weighted by Crippen LogP contribution is 2.31. The normalized spacial score (nSPS) is 12.8. The number of esters is 1. The number of imide groups is 1. The Morgan fingerprint density at radius 1 is 1.11 bits per heavy atom. The minimum Gasteiger partial charge on any atom is -0.452 e. The summed E-state index contributed by atoms with van der Waals surface area (Å²) >= 11 is 1.52. The number of para-hydroxylation sites is 1. The number of hydrogen-bond donors (Lipinski definition) is 3. The molecular weight excluding hydrogens is 382 g/mol. The average molecular weight is 399 g/mol. The summed E-state index contributed by atoms with van der Waals surface area (Å²) in [6.45, 7) is -0.612. The maximum absolute atomic E-state index is 12.2. The van der Waals surface area contributed by atoms with Crippen molar-refractivity contribution >= 4 is 47.0 Å². The van der Waals surface area contributed by atoms with E-state index < -0.39 is 24.5 Å². The van der Waals surface area contributed by atoms with Crippen molar-refractivity contribution in [3.05, 3.63) is 54.1 Å². The summed E-state index contributed by atoms with van der Waals surface area (Å²) in [5, 5.41) is 7.29. The topological polar surface area (TPSA) is 114 Å². The van der Waals surface area contributed by atoms with E-state index in [2.05, 4.69) is 16.0 Å². The van der Waals surface area contributed by atoms with Crippen LogP contribution >= 0.6 is 11.8 Å². The largest absolute Gasteiger partial charge is 0.452 e. The first-order chi connectivity index (χ1) is 13.5. The number of urea groups is 1. The van der Waals surface area contributed by atoms with Crippen LogP contribution in [0.25, 0.3) is 0 Å². The predicted octanol–water partition coefficient (Wildman–Crippen LogP) is 2.63. The summed E-state index contributed by atoms with van der Waals surface area (Å²) in [7, 11) is 0. The van der Waals surface area contributed by atoms with Crippen molar-refractivity contribution in [2.45, 2.75) is 11.3 Å². The maximum Gasteiger partial charge on any atom is 0.338 e. The Morgan fingerprint density at radius 3 is 2.68 bits per heavy atom. The molecule has 0 saturated carbocycles. The second-order valence-corrected chi connectivity index (χ2v) is 6.94. The number of ether oxygens (including phenoxy) is 1. The number of carbonyl (C=O) groups excluding carboxylic acids is 4. The van der Waals surface area contributed by atoms with Crippen molar-refractivity contribution in [2.24, 2.45) is 0 Å². The molecule has 3 N–H and O–H groups in total. The van der Waals surface area contributed by atoms with E-state index in [0.717, 1.165) is 4.90 Å². The summed E-state index contributed by atoms with van der Waals surface area (Å²) in [4.78, 5) is 48.2. The van der Waals surface area contributed by atoms with Gasteiger partial charge in [-0.25, -0.2) is 9.59 Å². The first-order valence-corrected chi connectivity index (χ1v) is 9.39. The van der Waals surface area contributed by atoms with Crippen LogP contribution in [-0.2, 0) is 14.3 Å². The monoisotopic (exact) mass is 399 g/mol. The van der Waals surface area contributed by atoms with Gasteiger partial charge in [0, 0.05) is 22.8 Å². The van der Waals surface area contributed by atoms with Crippen LogP contribution < -0.4 is 16.0 Å². The highest BCUT2D eigenvalue weighted by molar-refractivity contribution is 7.99. The Kier molecular flexibility index (Phi) is 6.28. The second-order valence-electron chi connectivity index (χ2n) is 5.80. The first kappa shape index (κ1) is 19.4. The Labute approximate surface area is 165 Å². The molecule has 2 aromatic carbocycles. The molecule has 0 bridgehead atoms. The molecule has 0 unspecified atom stereocenters. The van der Waals surface area contributed by atoms with Gasteiger partial charge in [0.15, 0.2) is 6.61 Å². The number of nitrogens with one attached hydrogen (secondary N) is 3. The maximum atomic E-state index is 12.2.